The minimum Gasteiger partial charge on any atom is -0.366 e. The van der Waals surface area contributed by atoms with Crippen molar-refractivity contribution in [2.45, 2.75) is 135 Å². The molecule has 0 spiro atoms. The Hall–Kier alpha value is -2.11. The van der Waals surface area contributed by atoms with Crippen molar-refractivity contribution in [3.05, 3.63) is 23.3 Å². The molecule has 0 heterocycles. The van der Waals surface area contributed by atoms with Gasteiger partial charge in [0, 0.05) is 23.6 Å². The van der Waals surface area contributed by atoms with Crippen molar-refractivity contribution in [3.8, 4) is 0 Å². The maximum Gasteiger partial charge on any atom is 0.324 e. The molecule has 6 heteroatoms. The number of rotatable bonds is 4. The fraction of sp³-hybridized carbons (Fsp3) is 0.794. The van der Waals surface area contributed by atoms with Gasteiger partial charge in [0.2, 0.25) is 11.8 Å². The number of nitrogens with zero attached hydrogens (tertiary/aromatic N) is 1. The lowest BCUT2D eigenvalue weighted by atomic mass is 9.48. The Morgan fingerprint density at radius 1 is 0.875 bits per heavy atom. The molecule has 4 saturated carbocycles. The first kappa shape index (κ1) is 28.0. The van der Waals surface area contributed by atoms with Crippen LogP contribution in [0.15, 0.2) is 23.3 Å². The molecule has 6 aliphatic rings. The monoisotopic (exact) mass is 549 g/mol. The minimum absolute atomic E-state index is 0.0522. The number of nitrogens with one attached hydrogen (secondary N) is 1. The Bertz CT molecular complexity index is 1080. The Labute approximate surface area is 241 Å². The number of primary amides is 1. The van der Waals surface area contributed by atoms with E-state index in [1.807, 2.05) is 0 Å². The van der Waals surface area contributed by atoms with Gasteiger partial charge in [0.1, 0.15) is 0 Å². The molecule has 0 unspecified atom stereocenters. The van der Waals surface area contributed by atoms with Crippen molar-refractivity contribution in [3.63, 3.8) is 0 Å². The first-order chi connectivity index (χ1) is 19.2. The molecule has 6 aliphatic carbocycles. The lowest BCUT2D eigenvalue weighted by molar-refractivity contribution is -0.141. The smallest absolute Gasteiger partial charge is 0.324 e. The van der Waals surface area contributed by atoms with E-state index in [4.69, 9.17) is 5.73 Å². The van der Waals surface area contributed by atoms with Crippen molar-refractivity contribution >= 4 is 17.8 Å². The topological polar surface area (TPSA) is 92.5 Å². The second kappa shape index (κ2) is 10.9. The fourth-order valence-corrected chi connectivity index (χ4v) is 10.4. The van der Waals surface area contributed by atoms with Crippen molar-refractivity contribution in [1.29, 1.82) is 0 Å². The largest absolute Gasteiger partial charge is 0.366 e. The van der Waals surface area contributed by atoms with Gasteiger partial charge < -0.3 is 11.1 Å². The molecule has 220 valence electrons. The van der Waals surface area contributed by atoms with Gasteiger partial charge in [-0.25, -0.2) is 4.79 Å². The first-order valence-electron chi connectivity index (χ1n) is 16.6. The van der Waals surface area contributed by atoms with Crippen LogP contribution in [0.1, 0.15) is 123 Å². The summed E-state index contributed by atoms with van der Waals surface area (Å²) in [4.78, 5) is 42.0. The van der Waals surface area contributed by atoms with Crippen molar-refractivity contribution in [1.82, 2.24) is 10.2 Å². The van der Waals surface area contributed by atoms with Crippen LogP contribution in [0.25, 0.3) is 0 Å². The molecule has 0 aromatic rings. The number of hydrogen-bond donors (Lipinski definition) is 2. The number of carbonyl (C=O) groups is 3. The van der Waals surface area contributed by atoms with Crippen LogP contribution in [0.3, 0.4) is 0 Å². The summed E-state index contributed by atoms with van der Waals surface area (Å²) < 4.78 is 0. The summed E-state index contributed by atoms with van der Waals surface area (Å²) in [5, 5.41) is 3.32. The van der Waals surface area contributed by atoms with Crippen LogP contribution in [0.4, 0.5) is 4.79 Å². The van der Waals surface area contributed by atoms with E-state index in [1.165, 1.54) is 31.3 Å². The number of urea groups is 1. The van der Waals surface area contributed by atoms with Gasteiger partial charge in [0.25, 0.3) is 0 Å². The Morgan fingerprint density at radius 2 is 1.57 bits per heavy atom. The molecule has 6 nitrogen and oxygen atoms in total. The van der Waals surface area contributed by atoms with Crippen LogP contribution in [0.5, 0.6) is 0 Å². The van der Waals surface area contributed by atoms with Gasteiger partial charge in [-0.3, -0.25) is 14.5 Å². The number of carbonyl (C=O) groups excluding carboxylic acids is 3. The zero-order valence-corrected chi connectivity index (χ0v) is 24.9. The van der Waals surface area contributed by atoms with Crippen LogP contribution in [0, 0.1) is 34.5 Å². The van der Waals surface area contributed by atoms with E-state index in [0.717, 1.165) is 89.0 Å². The van der Waals surface area contributed by atoms with Gasteiger partial charge in [-0.05, 0) is 105 Å². The summed E-state index contributed by atoms with van der Waals surface area (Å²) in [6, 6.07) is 0.156. The molecule has 0 radical (unpaired) electrons. The van der Waals surface area contributed by atoms with Crippen LogP contribution in [-0.2, 0) is 9.59 Å². The Morgan fingerprint density at radius 3 is 2.27 bits per heavy atom. The van der Waals surface area contributed by atoms with Crippen molar-refractivity contribution < 1.29 is 14.4 Å². The molecule has 0 saturated heterocycles. The minimum atomic E-state index is -0.284. The average molecular weight is 550 g/mol. The maximum absolute atomic E-state index is 14.5. The molecule has 6 rings (SSSR count). The molecule has 0 aromatic carbocycles. The number of allylic oxidation sites excluding steroid dienone is 3. The van der Waals surface area contributed by atoms with Gasteiger partial charge >= 0.3 is 6.03 Å². The molecule has 40 heavy (non-hydrogen) atoms. The lowest BCUT2D eigenvalue weighted by Crippen LogP contribution is -2.57. The number of fused-ring (bicyclic) bond motifs is 5. The molecule has 6 atom stereocenters. The van der Waals surface area contributed by atoms with E-state index in [2.05, 4.69) is 31.3 Å². The standard InChI is InChI=1S/C34H51N3O3/c1-33-19-17-22(30(35)38)21-23(33)13-14-26-27-15-16-29(34(27,2)20-18-28(26)33)31(39)37(25-11-7-4-8-12-25)32(40)36-24-9-5-3-6-10-24/h13,21,24-29H,3-12,14-20H2,1-2H3,(H2,35,38)(H,36,40)/t26-,27-,28-,29+,33-,34-/m0/s1. The van der Waals surface area contributed by atoms with Gasteiger partial charge in [0.05, 0.1) is 0 Å². The quantitative estimate of drug-likeness (QED) is 0.404. The zero-order valence-electron chi connectivity index (χ0n) is 24.9. The molecule has 4 fully saturated rings. The van der Waals surface area contributed by atoms with Crippen LogP contribution in [0.2, 0.25) is 0 Å². The predicted octanol–water partition coefficient (Wildman–Crippen LogP) is 6.79. The zero-order chi connectivity index (χ0) is 28.1. The third-order valence-corrected chi connectivity index (χ3v) is 12.7. The van der Waals surface area contributed by atoms with E-state index in [1.54, 1.807) is 4.90 Å². The third-order valence-electron chi connectivity index (χ3n) is 12.7. The molecule has 0 aromatic heterocycles. The third kappa shape index (κ3) is 4.75. The van der Waals surface area contributed by atoms with Gasteiger partial charge in [-0.2, -0.15) is 0 Å². The van der Waals surface area contributed by atoms with Crippen molar-refractivity contribution in [2.24, 2.45) is 40.2 Å². The summed E-state index contributed by atoms with van der Waals surface area (Å²) in [6.45, 7) is 4.79. The average Bonchev–Trinajstić information content (AvgIpc) is 3.31. The Balaban J connectivity index is 1.23. The summed E-state index contributed by atoms with van der Waals surface area (Å²) in [7, 11) is 0. The van der Waals surface area contributed by atoms with E-state index in [9.17, 15) is 14.4 Å². The van der Waals surface area contributed by atoms with Gasteiger partial charge in [-0.1, -0.05) is 64.5 Å². The number of hydrogen-bond acceptors (Lipinski definition) is 3. The molecule has 4 amide bonds. The highest BCUT2D eigenvalue weighted by Crippen LogP contribution is 2.66. The number of nitrogens with two attached hydrogens (primary N) is 1. The maximum atomic E-state index is 14.5. The second-order valence-electron chi connectivity index (χ2n) is 14.7. The van der Waals surface area contributed by atoms with Crippen molar-refractivity contribution in [2.75, 3.05) is 0 Å². The predicted molar refractivity (Wildman–Crippen MR) is 157 cm³/mol. The normalized spacial score (nSPS) is 38.2. The highest BCUT2D eigenvalue weighted by Gasteiger charge is 2.60. The second-order valence-corrected chi connectivity index (χ2v) is 14.7. The molecule has 0 aliphatic heterocycles. The number of amides is 4. The summed E-state index contributed by atoms with van der Waals surface area (Å²) in [6.07, 6.45) is 22.4. The van der Waals surface area contributed by atoms with Crippen LogP contribution < -0.4 is 11.1 Å². The van der Waals surface area contributed by atoms with Gasteiger partial charge in [0.15, 0.2) is 0 Å². The first-order valence-corrected chi connectivity index (χ1v) is 16.6. The summed E-state index contributed by atoms with van der Waals surface area (Å²) in [5.41, 5.74) is 7.75. The van der Waals surface area contributed by atoms with Crippen LogP contribution in [-0.4, -0.2) is 34.8 Å². The van der Waals surface area contributed by atoms with Gasteiger partial charge in [-0.15, -0.1) is 0 Å². The molecular formula is C34H51N3O3. The fourth-order valence-electron chi connectivity index (χ4n) is 10.4. The summed E-state index contributed by atoms with van der Waals surface area (Å²) in [5.74, 6) is 1.42. The highest BCUT2D eigenvalue weighted by atomic mass is 16.2. The lowest BCUT2D eigenvalue weighted by Gasteiger charge is -2.57. The van der Waals surface area contributed by atoms with E-state index in [-0.39, 0.29) is 46.7 Å². The molecule has 3 N–H and O–H groups in total. The summed E-state index contributed by atoms with van der Waals surface area (Å²) >= 11 is 0. The SMILES string of the molecule is C[C@]12CC[C@H]3[C@@H](CC=C4C=C(C(N)=O)CC[C@@]43C)[C@@H]1CC[C@@H]2C(=O)N(C(=O)NC1CCCCC1)C1CCCCC1. The van der Waals surface area contributed by atoms with E-state index < -0.39 is 0 Å². The molecular weight excluding hydrogens is 498 g/mol. The van der Waals surface area contributed by atoms with E-state index >= 15 is 0 Å². The van der Waals surface area contributed by atoms with E-state index in [0.29, 0.717) is 17.8 Å². The highest BCUT2D eigenvalue weighted by molar-refractivity contribution is 5.96. The number of imide groups is 1. The van der Waals surface area contributed by atoms with Crippen LogP contribution >= 0.6 is 0 Å². The molecule has 0 bridgehead atoms. The Kier molecular flexibility index (Phi) is 7.67.